The summed E-state index contributed by atoms with van der Waals surface area (Å²) in [7, 11) is 0. The summed E-state index contributed by atoms with van der Waals surface area (Å²) in [6.07, 6.45) is 1.39. The zero-order valence-electron chi connectivity index (χ0n) is 10.5. The number of carbonyl (C=O) groups excluding carboxylic acids is 1. The van der Waals surface area contributed by atoms with E-state index < -0.39 is 29.6 Å². The summed E-state index contributed by atoms with van der Waals surface area (Å²) in [6, 6.07) is 2.53. The number of halogens is 2. The molecule has 0 aliphatic heterocycles. The fraction of sp³-hybridized carbons (Fsp3) is 0.385. The molecule has 2 unspecified atom stereocenters. The van der Waals surface area contributed by atoms with Crippen LogP contribution in [0.5, 0.6) is 0 Å². The van der Waals surface area contributed by atoms with Gasteiger partial charge < -0.3 is 15.7 Å². The van der Waals surface area contributed by atoms with E-state index in [2.05, 4.69) is 10.6 Å². The fourth-order valence-corrected chi connectivity index (χ4v) is 2.28. The molecule has 2 amide bonds. The van der Waals surface area contributed by atoms with E-state index >= 15 is 0 Å². The molecule has 20 heavy (non-hydrogen) atoms. The Bertz CT molecular complexity index is 536. The first kappa shape index (κ1) is 14.2. The molecule has 0 bridgehead atoms. The Morgan fingerprint density at radius 1 is 1.25 bits per heavy atom. The smallest absolute Gasteiger partial charge is 0.319 e. The summed E-state index contributed by atoms with van der Waals surface area (Å²) in [5.74, 6) is -3.52. The van der Waals surface area contributed by atoms with Crippen molar-refractivity contribution in [2.75, 3.05) is 5.32 Å². The van der Waals surface area contributed by atoms with E-state index in [-0.39, 0.29) is 11.7 Å². The van der Waals surface area contributed by atoms with Gasteiger partial charge in [0, 0.05) is 6.04 Å². The van der Waals surface area contributed by atoms with Gasteiger partial charge in [-0.3, -0.25) is 4.79 Å². The molecule has 0 heterocycles. The lowest BCUT2D eigenvalue weighted by molar-refractivity contribution is -0.141. The number of hydrogen-bond donors (Lipinski definition) is 3. The number of nitrogens with one attached hydrogen (secondary N) is 2. The Labute approximate surface area is 114 Å². The highest BCUT2D eigenvalue weighted by molar-refractivity contribution is 5.89. The molecular weight excluding hydrogens is 270 g/mol. The number of anilines is 1. The third-order valence-corrected chi connectivity index (χ3v) is 3.32. The summed E-state index contributed by atoms with van der Waals surface area (Å²) in [4.78, 5) is 22.4. The number of benzene rings is 1. The zero-order valence-corrected chi connectivity index (χ0v) is 10.5. The lowest BCUT2D eigenvalue weighted by atomic mass is 10.1. The molecule has 7 heteroatoms. The van der Waals surface area contributed by atoms with Crippen molar-refractivity contribution in [3.05, 3.63) is 29.8 Å². The zero-order chi connectivity index (χ0) is 14.7. The standard InChI is InChI=1S/C13H14F2N2O3/c14-9-2-1-3-10(11(9)15)17-13(20)16-8-5-4-7(6-8)12(18)19/h1-3,7-8H,4-6H2,(H,18,19)(H2,16,17,20). The van der Waals surface area contributed by atoms with Crippen molar-refractivity contribution >= 4 is 17.7 Å². The lowest BCUT2D eigenvalue weighted by Crippen LogP contribution is -2.37. The van der Waals surface area contributed by atoms with Crippen molar-refractivity contribution in [2.45, 2.75) is 25.3 Å². The monoisotopic (exact) mass is 284 g/mol. The number of carboxylic acids is 1. The summed E-state index contributed by atoms with van der Waals surface area (Å²) in [5.41, 5.74) is -0.254. The van der Waals surface area contributed by atoms with Gasteiger partial charge in [-0.05, 0) is 31.4 Å². The van der Waals surface area contributed by atoms with Crippen LogP contribution < -0.4 is 10.6 Å². The normalized spacial score (nSPS) is 21.5. The Morgan fingerprint density at radius 3 is 2.65 bits per heavy atom. The molecule has 0 radical (unpaired) electrons. The van der Waals surface area contributed by atoms with Gasteiger partial charge in [-0.2, -0.15) is 0 Å². The number of carbonyl (C=O) groups is 2. The van der Waals surface area contributed by atoms with E-state index in [1.54, 1.807) is 0 Å². The quantitative estimate of drug-likeness (QED) is 0.797. The maximum atomic E-state index is 13.3. The summed E-state index contributed by atoms with van der Waals surface area (Å²) >= 11 is 0. The highest BCUT2D eigenvalue weighted by Gasteiger charge is 2.30. The Kier molecular flexibility index (Phi) is 4.16. The van der Waals surface area contributed by atoms with E-state index in [0.29, 0.717) is 19.3 Å². The van der Waals surface area contributed by atoms with Crippen LogP contribution in [0.25, 0.3) is 0 Å². The van der Waals surface area contributed by atoms with Crippen molar-refractivity contribution in [3.63, 3.8) is 0 Å². The van der Waals surface area contributed by atoms with Crippen molar-refractivity contribution in [2.24, 2.45) is 5.92 Å². The van der Waals surface area contributed by atoms with Gasteiger partial charge in [-0.25, -0.2) is 13.6 Å². The van der Waals surface area contributed by atoms with E-state index in [0.717, 1.165) is 6.07 Å². The number of amides is 2. The molecule has 108 valence electrons. The molecule has 0 aromatic heterocycles. The highest BCUT2D eigenvalue weighted by Crippen LogP contribution is 2.25. The lowest BCUT2D eigenvalue weighted by Gasteiger charge is -2.13. The van der Waals surface area contributed by atoms with Gasteiger partial charge in [0.15, 0.2) is 11.6 Å². The number of rotatable bonds is 3. The van der Waals surface area contributed by atoms with Crippen molar-refractivity contribution in [3.8, 4) is 0 Å². The number of aliphatic carboxylic acids is 1. The topological polar surface area (TPSA) is 78.4 Å². The number of hydrogen-bond acceptors (Lipinski definition) is 2. The molecule has 5 nitrogen and oxygen atoms in total. The van der Waals surface area contributed by atoms with Crippen LogP contribution in [0.15, 0.2) is 18.2 Å². The van der Waals surface area contributed by atoms with E-state index in [1.165, 1.54) is 12.1 Å². The molecule has 0 spiro atoms. The SMILES string of the molecule is O=C(Nc1cccc(F)c1F)NC1CCC(C(=O)O)C1. The van der Waals surface area contributed by atoms with Crippen LogP contribution in [-0.4, -0.2) is 23.1 Å². The van der Waals surface area contributed by atoms with Crippen LogP contribution in [0.3, 0.4) is 0 Å². The van der Waals surface area contributed by atoms with Gasteiger partial charge in [-0.1, -0.05) is 6.07 Å². The highest BCUT2D eigenvalue weighted by atomic mass is 19.2. The van der Waals surface area contributed by atoms with Crippen LogP contribution in [-0.2, 0) is 4.79 Å². The first-order valence-corrected chi connectivity index (χ1v) is 6.21. The van der Waals surface area contributed by atoms with Crippen LogP contribution in [0.1, 0.15) is 19.3 Å². The predicted molar refractivity (Wildman–Crippen MR) is 67.3 cm³/mol. The summed E-state index contributed by atoms with van der Waals surface area (Å²) < 4.78 is 26.3. The van der Waals surface area contributed by atoms with E-state index in [9.17, 15) is 18.4 Å². The molecule has 2 rings (SSSR count). The second-order valence-electron chi connectivity index (χ2n) is 4.74. The average Bonchev–Trinajstić information content (AvgIpc) is 2.83. The molecule has 1 fully saturated rings. The predicted octanol–water partition coefficient (Wildman–Crippen LogP) is 2.34. The molecule has 0 saturated heterocycles. The van der Waals surface area contributed by atoms with Gasteiger partial charge in [0.2, 0.25) is 0 Å². The molecule has 1 aromatic carbocycles. The van der Waals surface area contributed by atoms with Crippen LogP contribution in [0, 0.1) is 17.6 Å². The summed E-state index contributed by atoms with van der Waals surface area (Å²) in [5, 5.41) is 13.6. The van der Waals surface area contributed by atoms with Gasteiger partial charge >= 0.3 is 12.0 Å². The number of carboxylic acid groups (broad SMARTS) is 1. The third kappa shape index (κ3) is 3.23. The van der Waals surface area contributed by atoms with Crippen LogP contribution in [0.4, 0.5) is 19.3 Å². The fourth-order valence-electron chi connectivity index (χ4n) is 2.28. The second kappa shape index (κ2) is 5.85. The van der Waals surface area contributed by atoms with Gasteiger partial charge in [0.25, 0.3) is 0 Å². The van der Waals surface area contributed by atoms with Gasteiger partial charge in [-0.15, -0.1) is 0 Å². The van der Waals surface area contributed by atoms with Crippen molar-refractivity contribution < 1.29 is 23.5 Å². The minimum absolute atomic E-state index is 0.254. The molecule has 1 aliphatic rings. The van der Waals surface area contributed by atoms with Crippen LogP contribution >= 0.6 is 0 Å². The number of urea groups is 1. The Hall–Kier alpha value is -2.18. The van der Waals surface area contributed by atoms with E-state index in [1.807, 2.05) is 0 Å². The first-order valence-electron chi connectivity index (χ1n) is 6.21. The summed E-state index contributed by atoms with van der Waals surface area (Å²) in [6.45, 7) is 0. The molecular formula is C13H14F2N2O3. The van der Waals surface area contributed by atoms with Crippen LogP contribution in [0.2, 0.25) is 0 Å². The Morgan fingerprint density at radius 2 is 2.00 bits per heavy atom. The second-order valence-corrected chi connectivity index (χ2v) is 4.74. The van der Waals surface area contributed by atoms with Crippen molar-refractivity contribution in [1.29, 1.82) is 0 Å². The minimum Gasteiger partial charge on any atom is -0.481 e. The molecule has 3 N–H and O–H groups in total. The Balaban J connectivity index is 1.90. The maximum absolute atomic E-state index is 13.3. The average molecular weight is 284 g/mol. The largest absolute Gasteiger partial charge is 0.481 e. The van der Waals surface area contributed by atoms with E-state index in [4.69, 9.17) is 5.11 Å². The molecule has 1 aromatic rings. The molecule has 1 aliphatic carbocycles. The maximum Gasteiger partial charge on any atom is 0.319 e. The third-order valence-electron chi connectivity index (χ3n) is 3.32. The van der Waals surface area contributed by atoms with Crippen molar-refractivity contribution in [1.82, 2.24) is 5.32 Å². The minimum atomic E-state index is -1.13. The van der Waals surface area contributed by atoms with Gasteiger partial charge in [0.05, 0.1) is 11.6 Å². The molecule has 1 saturated carbocycles. The van der Waals surface area contributed by atoms with Gasteiger partial charge in [0.1, 0.15) is 0 Å². The first-order chi connectivity index (χ1) is 9.47. The molecule has 2 atom stereocenters.